The first-order valence-electron chi connectivity index (χ1n) is 11.0. The van der Waals surface area contributed by atoms with Gasteiger partial charge in [0.25, 0.3) is 0 Å². The maximum absolute atomic E-state index is 4.94. The van der Waals surface area contributed by atoms with Crippen molar-refractivity contribution in [3.63, 3.8) is 0 Å². The third-order valence-electron chi connectivity index (χ3n) is 7.18. The Morgan fingerprint density at radius 1 is 1.13 bits per heavy atom. The van der Waals surface area contributed by atoms with Crippen molar-refractivity contribution < 1.29 is 0 Å². The van der Waals surface area contributed by atoms with E-state index in [0.717, 1.165) is 33.2 Å². The summed E-state index contributed by atoms with van der Waals surface area (Å²) in [6.07, 6.45) is 10.9. The number of anilines is 1. The first kappa shape index (κ1) is 19.2. The number of piperidine rings is 1. The van der Waals surface area contributed by atoms with Crippen LogP contribution in [-0.4, -0.2) is 43.5 Å². The third kappa shape index (κ3) is 3.22. The minimum absolute atomic E-state index is 0.252. The van der Waals surface area contributed by atoms with E-state index in [1.807, 2.05) is 25.4 Å². The predicted molar refractivity (Wildman–Crippen MR) is 127 cm³/mol. The van der Waals surface area contributed by atoms with Crippen LogP contribution in [0.15, 0.2) is 36.8 Å². The van der Waals surface area contributed by atoms with Crippen molar-refractivity contribution in [2.45, 2.75) is 63.6 Å². The molecule has 6 rings (SSSR count). The van der Waals surface area contributed by atoms with E-state index in [1.165, 1.54) is 30.4 Å². The van der Waals surface area contributed by atoms with E-state index >= 15 is 0 Å². The lowest BCUT2D eigenvalue weighted by molar-refractivity contribution is 0.208. The highest BCUT2D eigenvalue weighted by molar-refractivity contribution is 7.22. The van der Waals surface area contributed by atoms with Gasteiger partial charge in [0, 0.05) is 42.1 Å². The fourth-order valence-corrected chi connectivity index (χ4v) is 6.66. The number of hydrogen-bond donors (Lipinski definition) is 1. The topological polar surface area (TPSA) is 58.4 Å². The molecule has 2 aliphatic heterocycles. The fraction of sp³-hybridized carbons (Fsp3) is 0.458. The highest BCUT2D eigenvalue weighted by atomic mass is 32.1. The number of fused-ring (bicyclic) bond motifs is 4. The van der Waals surface area contributed by atoms with Crippen molar-refractivity contribution in [2.24, 2.45) is 0 Å². The number of thiazole rings is 1. The molecule has 0 saturated carbocycles. The standard InChI is InChI=1S/C24H28N6S/c1-15-13-30-14-16(5-6-21(30)26-15)18-9-20-19(12-25-18)27-22(31-20)29(4)17-10-23(2)7-8-24(3,11-17)28-23/h5-6,9,12-14,17,28H,7-8,10-11H2,1-4H3/t17-,23-,24+. The Bertz CT molecular complexity index is 1290. The number of nitrogens with zero attached hydrogens (tertiary/aromatic N) is 5. The zero-order valence-electron chi connectivity index (χ0n) is 18.5. The van der Waals surface area contributed by atoms with Crippen molar-refractivity contribution in [2.75, 3.05) is 11.9 Å². The normalized spacial score (nSPS) is 27.9. The Labute approximate surface area is 186 Å². The van der Waals surface area contributed by atoms with Crippen molar-refractivity contribution in [1.29, 1.82) is 0 Å². The summed E-state index contributed by atoms with van der Waals surface area (Å²) in [4.78, 5) is 16.6. The molecule has 0 amide bonds. The lowest BCUT2D eigenvalue weighted by Crippen LogP contribution is -2.58. The number of imidazole rings is 1. The summed E-state index contributed by atoms with van der Waals surface area (Å²) < 4.78 is 3.25. The largest absolute Gasteiger partial charge is 0.348 e. The first-order valence-corrected chi connectivity index (χ1v) is 11.9. The summed E-state index contributed by atoms with van der Waals surface area (Å²) >= 11 is 1.77. The summed E-state index contributed by atoms with van der Waals surface area (Å²) in [6, 6.07) is 6.83. The number of pyridine rings is 2. The molecule has 7 heteroatoms. The van der Waals surface area contributed by atoms with E-state index in [-0.39, 0.29) is 11.1 Å². The molecule has 6 heterocycles. The van der Waals surface area contributed by atoms with Gasteiger partial charge >= 0.3 is 0 Å². The van der Waals surface area contributed by atoms with Crippen LogP contribution < -0.4 is 10.2 Å². The molecule has 0 spiro atoms. The predicted octanol–water partition coefficient (Wildman–Crippen LogP) is 4.81. The second-order valence-corrected chi connectivity index (χ2v) is 11.0. The molecule has 0 aliphatic carbocycles. The maximum atomic E-state index is 4.94. The molecule has 2 bridgehead atoms. The molecule has 4 aromatic rings. The zero-order chi connectivity index (χ0) is 21.4. The van der Waals surface area contributed by atoms with Crippen molar-refractivity contribution in [3.05, 3.63) is 42.5 Å². The first-order chi connectivity index (χ1) is 14.8. The molecule has 6 nitrogen and oxygen atoms in total. The number of aromatic nitrogens is 4. The molecule has 3 atom stereocenters. The zero-order valence-corrected chi connectivity index (χ0v) is 19.3. The molecule has 2 saturated heterocycles. The van der Waals surface area contributed by atoms with E-state index in [4.69, 9.17) is 9.97 Å². The molecular formula is C24H28N6S. The quantitative estimate of drug-likeness (QED) is 0.503. The van der Waals surface area contributed by atoms with Gasteiger partial charge in [-0.1, -0.05) is 11.3 Å². The highest BCUT2D eigenvalue weighted by Gasteiger charge is 2.49. The average Bonchev–Trinajstić information content (AvgIpc) is 3.38. The molecule has 2 aliphatic rings. The summed E-state index contributed by atoms with van der Waals surface area (Å²) in [5, 5.41) is 4.98. The van der Waals surface area contributed by atoms with Crippen LogP contribution >= 0.6 is 11.3 Å². The van der Waals surface area contributed by atoms with Crippen LogP contribution in [0.1, 0.15) is 45.2 Å². The van der Waals surface area contributed by atoms with E-state index in [2.05, 4.69) is 58.8 Å². The molecule has 160 valence electrons. The van der Waals surface area contributed by atoms with Crippen LogP contribution in [0.5, 0.6) is 0 Å². The van der Waals surface area contributed by atoms with Crippen molar-refractivity contribution in [1.82, 2.24) is 24.7 Å². The Balaban J connectivity index is 1.32. The monoisotopic (exact) mass is 432 g/mol. The van der Waals surface area contributed by atoms with Gasteiger partial charge in [0.15, 0.2) is 5.13 Å². The minimum atomic E-state index is 0.252. The third-order valence-corrected chi connectivity index (χ3v) is 8.29. The molecule has 0 radical (unpaired) electrons. The minimum Gasteiger partial charge on any atom is -0.348 e. The number of hydrogen-bond acceptors (Lipinski definition) is 6. The van der Waals surface area contributed by atoms with E-state index in [1.54, 1.807) is 11.3 Å². The van der Waals surface area contributed by atoms with E-state index in [9.17, 15) is 0 Å². The van der Waals surface area contributed by atoms with Crippen LogP contribution in [0.4, 0.5) is 5.13 Å². The Hall–Kier alpha value is -2.51. The van der Waals surface area contributed by atoms with Gasteiger partial charge in [0.1, 0.15) is 11.2 Å². The average molecular weight is 433 g/mol. The van der Waals surface area contributed by atoms with Gasteiger partial charge in [-0.3, -0.25) is 4.98 Å². The molecule has 0 unspecified atom stereocenters. The number of nitrogens with one attached hydrogen (secondary N) is 1. The molecule has 1 N–H and O–H groups in total. The van der Waals surface area contributed by atoms with Gasteiger partial charge in [0.2, 0.25) is 0 Å². The van der Waals surface area contributed by atoms with Gasteiger partial charge in [-0.2, -0.15) is 0 Å². The lowest BCUT2D eigenvalue weighted by atomic mass is 9.84. The second kappa shape index (κ2) is 6.50. The Morgan fingerprint density at radius 3 is 2.68 bits per heavy atom. The molecule has 0 aromatic carbocycles. The number of rotatable bonds is 3. The second-order valence-electron chi connectivity index (χ2n) is 10.0. The van der Waals surface area contributed by atoms with Gasteiger partial charge < -0.3 is 14.6 Å². The van der Waals surface area contributed by atoms with Crippen LogP contribution in [0.25, 0.3) is 27.1 Å². The lowest BCUT2D eigenvalue weighted by Gasteiger charge is -2.45. The van der Waals surface area contributed by atoms with Crippen molar-refractivity contribution in [3.8, 4) is 11.3 Å². The summed E-state index contributed by atoms with van der Waals surface area (Å²) in [5.74, 6) is 0. The van der Waals surface area contributed by atoms with E-state index in [0.29, 0.717) is 6.04 Å². The smallest absolute Gasteiger partial charge is 0.186 e. The molecule has 4 aromatic heterocycles. The molecule has 31 heavy (non-hydrogen) atoms. The van der Waals surface area contributed by atoms with E-state index < -0.39 is 0 Å². The van der Waals surface area contributed by atoms with Crippen LogP contribution in [-0.2, 0) is 0 Å². The van der Waals surface area contributed by atoms with Crippen molar-refractivity contribution >= 4 is 32.3 Å². The SMILES string of the molecule is Cc1cn2cc(-c3cc4sc(N(C)[C@H]5C[C@]6(C)CC[C@](C)(C5)N6)nc4cn3)ccc2n1. The highest BCUT2D eigenvalue weighted by Crippen LogP contribution is 2.44. The van der Waals surface area contributed by atoms with Crippen LogP contribution in [0, 0.1) is 6.92 Å². The van der Waals surface area contributed by atoms with Gasteiger partial charge in [-0.15, -0.1) is 0 Å². The number of aryl methyl sites for hydroxylation is 1. The van der Waals surface area contributed by atoms with Gasteiger partial charge in [-0.25, -0.2) is 9.97 Å². The van der Waals surface area contributed by atoms with Gasteiger partial charge in [0.05, 0.1) is 22.3 Å². The molecular weight excluding hydrogens is 404 g/mol. The summed E-state index contributed by atoms with van der Waals surface area (Å²) in [7, 11) is 2.21. The Morgan fingerprint density at radius 2 is 1.90 bits per heavy atom. The fourth-order valence-electron chi connectivity index (χ4n) is 5.65. The summed E-state index contributed by atoms with van der Waals surface area (Å²) in [6.45, 7) is 6.78. The molecule has 2 fully saturated rings. The maximum Gasteiger partial charge on any atom is 0.186 e. The van der Waals surface area contributed by atoms with Crippen LogP contribution in [0.2, 0.25) is 0 Å². The summed E-state index contributed by atoms with van der Waals surface area (Å²) in [5.41, 5.74) is 5.52. The van der Waals surface area contributed by atoms with Gasteiger partial charge in [-0.05, 0) is 64.7 Å². The Kier molecular flexibility index (Phi) is 4.02. The van der Waals surface area contributed by atoms with Crippen LogP contribution in [0.3, 0.4) is 0 Å².